The molecule has 16 heavy (non-hydrogen) atoms. The SMILES string of the molecule is Cc1ccccc1CN(C(=O)CN)C1CC1. The Morgan fingerprint density at radius 1 is 1.44 bits per heavy atom. The Morgan fingerprint density at radius 3 is 2.69 bits per heavy atom. The first-order valence-electron chi connectivity index (χ1n) is 5.76. The van der Waals surface area contributed by atoms with Crippen molar-refractivity contribution in [3.8, 4) is 0 Å². The smallest absolute Gasteiger partial charge is 0.236 e. The summed E-state index contributed by atoms with van der Waals surface area (Å²) in [4.78, 5) is 13.6. The van der Waals surface area contributed by atoms with E-state index in [4.69, 9.17) is 5.73 Å². The van der Waals surface area contributed by atoms with Crippen LogP contribution in [-0.2, 0) is 11.3 Å². The fourth-order valence-electron chi connectivity index (χ4n) is 1.90. The molecule has 0 unspecified atom stereocenters. The standard InChI is InChI=1S/C13H18N2O/c1-10-4-2-3-5-11(10)9-15(12-6-7-12)13(16)8-14/h2-5,12H,6-9,14H2,1H3. The van der Waals surface area contributed by atoms with Crippen molar-refractivity contribution in [2.45, 2.75) is 32.4 Å². The summed E-state index contributed by atoms with van der Waals surface area (Å²) in [6.45, 7) is 2.89. The van der Waals surface area contributed by atoms with Gasteiger partial charge in [0.1, 0.15) is 0 Å². The van der Waals surface area contributed by atoms with E-state index in [0.29, 0.717) is 12.6 Å². The number of nitrogens with zero attached hydrogens (tertiary/aromatic N) is 1. The van der Waals surface area contributed by atoms with Crippen LogP contribution in [0.15, 0.2) is 24.3 Å². The first-order valence-corrected chi connectivity index (χ1v) is 5.76. The number of benzene rings is 1. The van der Waals surface area contributed by atoms with Crippen molar-refractivity contribution in [1.82, 2.24) is 4.90 Å². The zero-order valence-corrected chi connectivity index (χ0v) is 9.65. The molecule has 1 aliphatic carbocycles. The van der Waals surface area contributed by atoms with E-state index in [2.05, 4.69) is 19.1 Å². The Morgan fingerprint density at radius 2 is 2.12 bits per heavy atom. The van der Waals surface area contributed by atoms with Gasteiger partial charge in [0, 0.05) is 12.6 Å². The van der Waals surface area contributed by atoms with E-state index in [0.717, 1.165) is 12.8 Å². The Bertz CT molecular complexity index is 385. The number of hydrogen-bond donors (Lipinski definition) is 1. The summed E-state index contributed by atoms with van der Waals surface area (Å²) in [6.07, 6.45) is 2.25. The normalized spacial score (nSPS) is 14.9. The zero-order valence-electron chi connectivity index (χ0n) is 9.65. The lowest BCUT2D eigenvalue weighted by atomic mass is 10.1. The van der Waals surface area contributed by atoms with Crippen molar-refractivity contribution < 1.29 is 4.79 Å². The summed E-state index contributed by atoms with van der Waals surface area (Å²) in [6, 6.07) is 8.61. The maximum Gasteiger partial charge on any atom is 0.236 e. The molecule has 0 spiro atoms. The van der Waals surface area contributed by atoms with Crippen LogP contribution >= 0.6 is 0 Å². The lowest BCUT2D eigenvalue weighted by Crippen LogP contribution is -2.37. The minimum absolute atomic E-state index is 0.0609. The Balaban J connectivity index is 2.11. The van der Waals surface area contributed by atoms with Gasteiger partial charge in [-0.15, -0.1) is 0 Å². The molecule has 1 aromatic carbocycles. The first-order chi connectivity index (χ1) is 7.72. The number of amides is 1. The molecule has 0 heterocycles. The highest BCUT2D eigenvalue weighted by molar-refractivity contribution is 5.78. The number of rotatable bonds is 4. The fraction of sp³-hybridized carbons (Fsp3) is 0.462. The van der Waals surface area contributed by atoms with E-state index in [-0.39, 0.29) is 12.5 Å². The summed E-state index contributed by atoms with van der Waals surface area (Å²) < 4.78 is 0. The van der Waals surface area contributed by atoms with Crippen molar-refractivity contribution in [3.05, 3.63) is 35.4 Å². The second kappa shape index (κ2) is 4.66. The average molecular weight is 218 g/mol. The third-order valence-corrected chi connectivity index (χ3v) is 3.08. The van der Waals surface area contributed by atoms with Gasteiger partial charge in [0.15, 0.2) is 0 Å². The van der Waals surface area contributed by atoms with Crippen LogP contribution in [0, 0.1) is 6.92 Å². The van der Waals surface area contributed by atoms with Crippen LogP contribution in [0.1, 0.15) is 24.0 Å². The van der Waals surface area contributed by atoms with E-state index >= 15 is 0 Å². The van der Waals surface area contributed by atoms with Crippen molar-refractivity contribution in [3.63, 3.8) is 0 Å². The third-order valence-electron chi connectivity index (χ3n) is 3.08. The molecule has 0 radical (unpaired) electrons. The van der Waals surface area contributed by atoms with Crippen LogP contribution in [0.2, 0.25) is 0 Å². The van der Waals surface area contributed by atoms with Gasteiger partial charge in [0.25, 0.3) is 0 Å². The molecule has 1 aromatic rings. The number of carbonyl (C=O) groups excluding carboxylic acids is 1. The second-order valence-corrected chi connectivity index (χ2v) is 4.38. The van der Waals surface area contributed by atoms with E-state index in [9.17, 15) is 4.79 Å². The molecule has 1 aliphatic rings. The highest BCUT2D eigenvalue weighted by Crippen LogP contribution is 2.28. The van der Waals surface area contributed by atoms with Crippen molar-refractivity contribution >= 4 is 5.91 Å². The van der Waals surface area contributed by atoms with Crippen molar-refractivity contribution in [1.29, 1.82) is 0 Å². The van der Waals surface area contributed by atoms with Crippen LogP contribution in [0.25, 0.3) is 0 Å². The molecule has 2 N–H and O–H groups in total. The minimum Gasteiger partial charge on any atom is -0.334 e. The molecule has 1 saturated carbocycles. The molecule has 0 aromatic heterocycles. The van der Waals surface area contributed by atoms with E-state index < -0.39 is 0 Å². The summed E-state index contributed by atoms with van der Waals surface area (Å²) in [5.41, 5.74) is 7.89. The second-order valence-electron chi connectivity index (χ2n) is 4.38. The van der Waals surface area contributed by atoms with Gasteiger partial charge in [-0.25, -0.2) is 0 Å². The van der Waals surface area contributed by atoms with E-state index in [1.54, 1.807) is 0 Å². The minimum atomic E-state index is 0.0609. The number of carbonyl (C=O) groups is 1. The monoisotopic (exact) mass is 218 g/mol. The largest absolute Gasteiger partial charge is 0.334 e. The van der Waals surface area contributed by atoms with Crippen LogP contribution in [0.5, 0.6) is 0 Å². The van der Waals surface area contributed by atoms with Crippen LogP contribution in [0.3, 0.4) is 0 Å². The van der Waals surface area contributed by atoms with Gasteiger partial charge in [-0.3, -0.25) is 4.79 Å². The van der Waals surface area contributed by atoms with E-state index in [1.807, 2.05) is 17.0 Å². The molecule has 2 rings (SSSR count). The molecule has 86 valence electrons. The van der Waals surface area contributed by atoms with Gasteiger partial charge in [-0.1, -0.05) is 24.3 Å². The molecule has 0 aliphatic heterocycles. The summed E-state index contributed by atoms with van der Waals surface area (Å²) >= 11 is 0. The molecule has 0 saturated heterocycles. The Kier molecular flexibility index (Phi) is 3.25. The molecule has 3 nitrogen and oxygen atoms in total. The number of nitrogens with two attached hydrogens (primary N) is 1. The van der Waals surface area contributed by atoms with Crippen LogP contribution in [0.4, 0.5) is 0 Å². The summed E-state index contributed by atoms with van der Waals surface area (Å²) in [7, 11) is 0. The Hall–Kier alpha value is -1.35. The van der Waals surface area contributed by atoms with Gasteiger partial charge < -0.3 is 10.6 Å². The average Bonchev–Trinajstić information content (AvgIpc) is 3.11. The summed E-state index contributed by atoms with van der Waals surface area (Å²) in [5.74, 6) is 0.0609. The predicted octanol–water partition coefficient (Wildman–Crippen LogP) is 1.44. The Labute approximate surface area is 96.2 Å². The predicted molar refractivity (Wildman–Crippen MR) is 63.8 cm³/mol. The lowest BCUT2D eigenvalue weighted by molar-refractivity contribution is -0.130. The maximum absolute atomic E-state index is 11.7. The number of aryl methyl sites for hydroxylation is 1. The number of hydrogen-bond acceptors (Lipinski definition) is 2. The highest BCUT2D eigenvalue weighted by Gasteiger charge is 2.31. The van der Waals surface area contributed by atoms with Gasteiger partial charge >= 0.3 is 0 Å². The molecule has 3 heteroatoms. The molecule has 0 bridgehead atoms. The molecular weight excluding hydrogens is 200 g/mol. The lowest BCUT2D eigenvalue weighted by Gasteiger charge is -2.22. The molecular formula is C13H18N2O. The topological polar surface area (TPSA) is 46.3 Å². The van der Waals surface area contributed by atoms with Crippen LogP contribution in [-0.4, -0.2) is 23.4 Å². The molecule has 1 amide bonds. The van der Waals surface area contributed by atoms with Gasteiger partial charge in [0.05, 0.1) is 6.54 Å². The third kappa shape index (κ3) is 2.42. The van der Waals surface area contributed by atoms with Crippen molar-refractivity contribution in [2.24, 2.45) is 5.73 Å². The van der Waals surface area contributed by atoms with Gasteiger partial charge in [0.2, 0.25) is 5.91 Å². The zero-order chi connectivity index (χ0) is 11.5. The van der Waals surface area contributed by atoms with Gasteiger partial charge in [-0.05, 0) is 30.9 Å². The highest BCUT2D eigenvalue weighted by atomic mass is 16.2. The maximum atomic E-state index is 11.7. The molecule has 1 fully saturated rings. The fourth-order valence-corrected chi connectivity index (χ4v) is 1.90. The van der Waals surface area contributed by atoms with E-state index in [1.165, 1.54) is 11.1 Å². The quantitative estimate of drug-likeness (QED) is 0.831. The molecule has 0 atom stereocenters. The van der Waals surface area contributed by atoms with Crippen LogP contribution < -0.4 is 5.73 Å². The van der Waals surface area contributed by atoms with Crippen molar-refractivity contribution in [2.75, 3.05) is 6.54 Å². The first kappa shape index (κ1) is 11.1. The summed E-state index contributed by atoms with van der Waals surface area (Å²) in [5, 5.41) is 0. The van der Waals surface area contributed by atoms with Gasteiger partial charge in [-0.2, -0.15) is 0 Å².